The average molecular weight is 441 g/mol. The summed E-state index contributed by atoms with van der Waals surface area (Å²) in [5.74, 6) is 0.825. The summed E-state index contributed by atoms with van der Waals surface area (Å²) in [6.07, 6.45) is 5.21. The number of anilines is 1. The lowest BCUT2D eigenvalue weighted by atomic mass is 9.78. The lowest BCUT2D eigenvalue weighted by molar-refractivity contribution is -0.112. The molecule has 0 unspecified atom stereocenters. The fourth-order valence-corrected chi connectivity index (χ4v) is 5.22. The first-order valence-corrected chi connectivity index (χ1v) is 11.5. The third-order valence-corrected chi connectivity index (χ3v) is 7.44. The van der Waals surface area contributed by atoms with Gasteiger partial charge in [0.15, 0.2) is 0 Å². The molecule has 30 heavy (non-hydrogen) atoms. The Balaban J connectivity index is 1.50. The molecule has 2 amide bonds. The number of hydrogen-bond acceptors (Lipinski definition) is 3. The molecule has 2 aromatic carbocycles. The minimum Gasteiger partial charge on any atom is -0.349 e. The van der Waals surface area contributed by atoms with Crippen LogP contribution in [0, 0.1) is 11.8 Å². The second-order valence-corrected chi connectivity index (χ2v) is 9.70. The molecule has 1 heterocycles. The van der Waals surface area contributed by atoms with E-state index in [2.05, 4.69) is 24.5 Å². The molecule has 156 valence electrons. The summed E-state index contributed by atoms with van der Waals surface area (Å²) in [6.45, 7) is 4.47. The lowest BCUT2D eigenvalue weighted by Crippen LogP contribution is -2.43. The van der Waals surface area contributed by atoms with Crippen molar-refractivity contribution in [1.82, 2.24) is 5.32 Å². The standard InChI is InChI=1S/C24H25ClN2O2S/c1-14-5-3-8-19(15(14)2)26-23(28)17-9-10-21-20(13-17)27-24(29)22(30-21)12-16-6-4-7-18(25)11-16/h4,6-7,9-15,19H,3,5,8H2,1-2H3,(H,26,28)(H,27,29)/b22-12+/t14-,15+,19+/m1/s1. The van der Waals surface area contributed by atoms with Gasteiger partial charge in [-0.2, -0.15) is 0 Å². The summed E-state index contributed by atoms with van der Waals surface area (Å²) in [5.41, 5.74) is 2.11. The van der Waals surface area contributed by atoms with Gasteiger partial charge in [0, 0.05) is 21.5 Å². The summed E-state index contributed by atoms with van der Waals surface area (Å²) in [6, 6.07) is 13.1. The van der Waals surface area contributed by atoms with Crippen LogP contribution in [0.2, 0.25) is 5.02 Å². The SMILES string of the molecule is C[C@H]1[C@H](C)CCC[C@@H]1NC(=O)c1ccc2c(c1)NC(=O)/C(=C\c1cccc(Cl)c1)S2. The van der Waals surface area contributed by atoms with Gasteiger partial charge in [0.1, 0.15) is 0 Å². The van der Waals surface area contributed by atoms with Gasteiger partial charge >= 0.3 is 0 Å². The number of rotatable bonds is 3. The van der Waals surface area contributed by atoms with Crippen molar-refractivity contribution in [3.05, 3.63) is 63.5 Å². The minimum absolute atomic E-state index is 0.0803. The van der Waals surface area contributed by atoms with Crippen LogP contribution in [0.1, 0.15) is 49.0 Å². The van der Waals surface area contributed by atoms with E-state index in [0.717, 1.165) is 23.3 Å². The number of carbonyl (C=O) groups is 2. The fraction of sp³-hybridized carbons (Fsp3) is 0.333. The van der Waals surface area contributed by atoms with E-state index in [1.165, 1.54) is 18.2 Å². The molecule has 2 aromatic rings. The van der Waals surface area contributed by atoms with Gasteiger partial charge < -0.3 is 10.6 Å². The third kappa shape index (κ3) is 4.57. The number of carbonyl (C=O) groups excluding carboxylic acids is 2. The molecule has 1 aliphatic heterocycles. The first-order chi connectivity index (χ1) is 14.4. The predicted octanol–water partition coefficient (Wildman–Crippen LogP) is 5.98. The number of nitrogens with one attached hydrogen (secondary N) is 2. The van der Waals surface area contributed by atoms with Crippen LogP contribution in [0.5, 0.6) is 0 Å². The zero-order chi connectivity index (χ0) is 21.3. The van der Waals surface area contributed by atoms with E-state index in [-0.39, 0.29) is 17.9 Å². The Morgan fingerprint density at radius 1 is 1.20 bits per heavy atom. The smallest absolute Gasteiger partial charge is 0.262 e. The molecule has 4 rings (SSSR count). The van der Waals surface area contributed by atoms with Gasteiger partial charge in [-0.1, -0.05) is 62.2 Å². The van der Waals surface area contributed by atoms with Crippen LogP contribution in [0.4, 0.5) is 5.69 Å². The number of halogens is 1. The van der Waals surface area contributed by atoms with Gasteiger partial charge in [0.25, 0.3) is 11.8 Å². The summed E-state index contributed by atoms with van der Waals surface area (Å²) in [4.78, 5) is 26.9. The highest BCUT2D eigenvalue weighted by atomic mass is 35.5. The maximum absolute atomic E-state index is 12.8. The highest BCUT2D eigenvalue weighted by molar-refractivity contribution is 8.04. The Labute approximate surface area is 186 Å². The summed E-state index contributed by atoms with van der Waals surface area (Å²) < 4.78 is 0. The highest BCUT2D eigenvalue weighted by Crippen LogP contribution is 2.39. The molecule has 0 saturated heterocycles. The van der Waals surface area contributed by atoms with Gasteiger partial charge in [-0.05, 0) is 60.2 Å². The Bertz CT molecular complexity index is 1020. The second kappa shape index (κ2) is 8.86. The van der Waals surface area contributed by atoms with Gasteiger partial charge in [0.05, 0.1) is 10.6 Å². The van der Waals surface area contributed by atoms with E-state index in [0.29, 0.717) is 33.0 Å². The first-order valence-electron chi connectivity index (χ1n) is 10.3. The van der Waals surface area contributed by atoms with Crippen molar-refractivity contribution in [1.29, 1.82) is 0 Å². The zero-order valence-electron chi connectivity index (χ0n) is 17.1. The van der Waals surface area contributed by atoms with Crippen LogP contribution in [0.15, 0.2) is 52.3 Å². The summed E-state index contributed by atoms with van der Waals surface area (Å²) in [5, 5.41) is 6.74. The van der Waals surface area contributed by atoms with Crippen molar-refractivity contribution in [2.24, 2.45) is 11.8 Å². The molecule has 0 radical (unpaired) electrons. The van der Waals surface area contributed by atoms with E-state index in [1.807, 2.05) is 36.4 Å². The third-order valence-electron chi connectivity index (χ3n) is 6.10. The topological polar surface area (TPSA) is 58.2 Å². The fourth-order valence-electron chi connectivity index (χ4n) is 4.09. The lowest BCUT2D eigenvalue weighted by Gasteiger charge is -2.34. The monoisotopic (exact) mass is 440 g/mol. The van der Waals surface area contributed by atoms with E-state index in [9.17, 15) is 9.59 Å². The maximum Gasteiger partial charge on any atom is 0.262 e. The molecular weight excluding hydrogens is 416 g/mol. The minimum atomic E-state index is -0.181. The number of benzene rings is 2. The molecule has 0 bridgehead atoms. The maximum atomic E-state index is 12.8. The predicted molar refractivity (Wildman–Crippen MR) is 124 cm³/mol. The van der Waals surface area contributed by atoms with Crippen molar-refractivity contribution in [3.8, 4) is 0 Å². The summed E-state index contributed by atoms with van der Waals surface area (Å²) in [7, 11) is 0. The van der Waals surface area contributed by atoms with Gasteiger partial charge in [0.2, 0.25) is 0 Å². The Morgan fingerprint density at radius 3 is 2.83 bits per heavy atom. The van der Waals surface area contributed by atoms with Crippen LogP contribution in [0.25, 0.3) is 6.08 Å². The van der Waals surface area contributed by atoms with Crippen molar-refractivity contribution < 1.29 is 9.59 Å². The van der Waals surface area contributed by atoms with Crippen LogP contribution in [-0.2, 0) is 4.79 Å². The molecule has 1 saturated carbocycles. The average Bonchev–Trinajstić information content (AvgIpc) is 2.71. The van der Waals surface area contributed by atoms with Crippen LogP contribution >= 0.6 is 23.4 Å². The molecule has 2 aliphatic rings. The highest BCUT2D eigenvalue weighted by Gasteiger charge is 2.29. The van der Waals surface area contributed by atoms with Crippen LogP contribution < -0.4 is 10.6 Å². The Morgan fingerprint density at radius 2 is 2.03 bits per heavy atom. The normalized spacial score (nSPS) is 24.8. The number of hydrogen-bond donors (Lipinski definition) is 2. The van der Waals surface area contributed by atoms with Gasteiger partial charge in [-0.15, -0.1) is 0 Å². The van der Waals surface area contributed by atoms with E-state index < -0.39 is 0 Å². The summed E-state index contributed by atoms with van der Waals surface area (Å²) >= 11 is 7.44. The Kier molecular flexibility index (Phi) is 6.21. The van der Waals surface area contributed by atoms with Crippen LogP contribution in [0.3, 0.4) is 0 Å². The molecule has 1 aliphatic carbocycles. The van der Waals surface area contributed by atoms with Crippen molar-refractivity contribution in [2.75, 3.05) is 5.32 Å². The molecular formula is C24H25ClN2O2S. The molecule has 1 fully saturated rings. The Hall–Kier alpha value is -2.24. The second-order valence-electron chi connectivity index (χ2n) is 8.18. The van der Waals surface area contributed by atoms with Crippen molar-refractivity contribution in [2.45, 2.75) is 44.0 Å². The molecule has 2 N–H and O–H groups in total. The number of amides is 2. The van der Waals surface area contributed by atoms with Crippen molar-refractivity contribution >= 4 is 46.9 Å². The van der Waals surface area contributed by atoms with Crippen LogP contribution in [-0.4, -0.2) is 17.9 Å². The van der Waals surface area contributed by atoms with E-state index in [4.69, 9.17) is 11.6 Å². The first kappa shape index (κ1) is 21.0. The molecule has 0 spiro atoms. The van der Waals surface area contributed by atoms with E-state index >= 15 is 0 Å². The quantitative estimate of drug-likeness (QED) is 0.577. The van der Waals surface area contributed by atoms with Crippen molar-refractivity contribution in [3.63, 3.8) is 0 Å². The molecule has 3 atom stereocenters. The largest absolute Gasteiger partial charge is 0.349 e. The zero-order valence-corrected chi connectivity index (χ0v) is 18.6. The molecule has 0 aromatic heterocycles. The van der Waals surface area contributed by atoms with Gasteiger partial charge in [-0.3, -0.25) is 9.59 Å². The van der Waals surface area contributed by atoms with E-state index in [1.54, 1.807) is 12.1 Å². The number of thioether (sulfide) groups is 1. The number of fused-ring (bicyclic) bond motifs is 1. The van der Waals surface area contributed by atoms with Gasteiger partial charge in [-0.25, -0.2) is 0 Å². The molecule has 6 heteroatoms. The molecule has 4 nitrogen and oxygen atoms in total.